The van der Waals surface area contributed by atoms with Gasteiger partial charge in [0.05, 0.1) is 12.1 Å². The molecular formula is C15H31N3O. The fourth-order valence-electron chi connectivity index (χ4n) is 2.60. The van der Waals surface area contributed by atoms with Crippen LogP contribution in [0.1, 0.15) is 59.3 Å². The lowest BCUT2D eigenvalue weighted by atomic mass is 9.84. The maximum Gasteiger partial charge on any atom is 0.191 e. The molecule has 1 fully saturated rings. The molecule has 0 heterocycles. The van der Waals surface area contributed by atoms with E-state index in [1.807, 2.05) is 0 Å². The summed E-state index contributed by atoms with van der Waals surface area (Å²) in [6, 6.07) is 0. The highest BCUT2D eigenvalue weighted by Gasteiger charge is 2.32. The lowest BCUT2D eigenvalue weighted by molar-refractivity contribution is -0.0624. The predicted octanol–water partition coefficient (Wildman–Crippen LogP) is 2.69. The van der Waals surface area contributed by atoms with Crippen LogP contribution in [0.25, 0.3) is 0 Å². The normalized spacial score (nSPS) is 17.8. The molecule has 1 aliphatic rings. The van der Waals surface area contributed by atoms with Crippen molar-refractivity contribution in [3.63, 3.8) is 0 Å². The first-order valence-corrected chi connectivity index (χ1v) is 7.92. The fourth-order valence-corrected chi connectivity index (χ4v) is 2.60. The minimum atomic E-state index is -0.00957. The Labute approximate surface area is 118 Å². The van der Waals surface area contributed by atoms with E-state index in [2.05, 4.69) is 31.4 Å². The molecule has 4 nitrogen and oxygen atoms in total. The summed E-state index contributed by atoms with van der Waals surface area (Å²) in [6.45, 7) is 9.79. The molecule has 0 aromatic carbocycles. The number of nitrogens with one attached hydrogen (secondary N) is 2. The third-order valence-corrected chi connectivity index (χ3v) is 3.59. The van der Waals surface area contributed by atoms with Gasteiger partial charge in [-0.3, -0.25) is 4.99 Å². The van der Waals surface area contributed by atoms with Gasteiger partial charge in [-0.2, -0.15) is 0 Å². The minimum Gasteiger partial charge on any atom is -0.373 e. The third kappa shape index (κ3) is 5.81. The van der Waals surface area contributed by atoms with E-state index >= 15 is 0 Å². The van der Waals surface area contributed by atoms with Crippen molar-refractivity contribution < 1.29 is 4.74 Å². The van der Waals surface area contributed by atoms with Crippen molar-refractivity contribution in [2.45, 2.75) is 64.9 Å². The molecule has 0 aromatic rings. The van der Waals surface area contributed by atoms with Crippen molar-refractivity contribution in [2.75, 3.05) is 26.2 Å². The van der Waals surface area contributed by atoms with Gasteiger partial charge in [0, 0.05) is 19.7 Å². The molecule has 0 atom stereocenters. The molecule has 0 amide bonds. The summed E-state index contributed by atoms with van der Waals surface area (Å²) in [4.78, 5) is 4.72. The van der Waals surface area contributed by atoms with Crippen molar-refractivity contribution in [2.24, 2.45) is 4.99 Å². The molecule has 1 aliphatic carbocycles. The zero-order chi connectivity index (χ0) is 14.0. The third-order valence-electron chi connectivity index (χ3n) is 3.59. The molecule has 0 spiro atoms. The van der Waals surface area contributed by atoms with Crippen LogP contribution in [0, 0.1) is 0 Å². The Hall–Kier alpha value is -0.770. The molecule has 1 rings (SSSR count). The van der Waals surface area contributed by atoms with Crippen LogP contribution in [-0.2, 0) is 4.74 Å². The van der Waals surface area contributed by atoms with Crippen molar-refractivity contribution >= 4 is 5.96 Å². The van der Waals surface area contributed by atoms with Gasteiger partial charge in [0.25, 0.3) is 0 Å². The zero-order valence-electron chi connectivity index (χ0n) is 12.9. The molecule has 19 heavy (non-hydrogen) atoms. The summed E-state index contributed by atoms with van der Waals surface area (Å²) in [7, 11) is 0. The smallest absolute Gasteiger partial charge is 0.191 e. The molecule has 0 radical (unpaired) electrons. The second-order valence-electron chi connectivity index (χ2n) is 5.32. The number of hydrogen-bond donors (Lipinski definition) is 2. The Kier molecular flexibility index (Phi) is 7.87. The van der Waals surface area contributed by atoms with Gasteiger partial charge in [-0.05, 0) is 33.1 Å². The quantitative estimate of drug-likeness (QED) is 0.552. The first-order valence-electron chi connectivity index (χ1n) is 7.92. The van der Waals surface area contributed by atoms with Crippen LogP contribution in [0.3, 0.4) is 0 Å². The van der Waals surface area contributed by atoms with Crippen molar-refractivity contribution in [3.8, 4) is 0 Å². The van der Waals surface area contributed by atoms with Gasteiger partial charge < -0.3 is 15.4 Å². The molecule has 1 saturated carbocycles. The Morgan fingerprint density at radius 2 is 1.68 bits per heavy atom. The summed E-state index contributed by atoms with van der Waals surface area (Å²) in [6.07, 6.45) is 7.28. The largest absolute Gasteiger partial charge is 0.373 e. The number of guanidine groups is 1. The molecule has 0 unspecified atom stereocenters. The molecule has 0 bridgehead atoms. The molecule has 112 valence electrons. The number of hydrogen-bond acceptors (Lipinski definition) is 2. The lowest BCUT2D eigenvalue weighted by Crippen LogP contribution is -2.42. The second-order valence-corrected chi connectivity index (χ2v) is 5.32. The maximum absolute atomic E-state index is 6.16. The van der Waals surface area contributed by atoms with Crippen molar-refractivity contribution in [1.82, 2.24) is 10.6 Å². The first-order chi connectivity index (χ1) is 9.26. The summed E-state index contributed by atoms with van der Waals surface area (Å²) in [5, 5.41) is 6.56. The maximum atomic E-state index is 6.16. The predicted molar refractivity (Wildman–Crippen MR) is 81.7 cm³/mol. The fraction of sp³-hybridized carbons (Fsp3) is 0.933. The van der Waals surface area contributed by atoms with E-state index in [9.17, 15) is 0 Å². The van der Waals surface area contributed by atoms with E-state index in [0.29, 0.717) is 0 Å². The van der Waals surface area contributed by atoms with E-state index < -0.39 is 0 Å². The van der Waals surface area contributed by atoms with E-state index in [1.54, 1.807) is 0 Å². The lowest BCUT2D eigenvalue weighted by Gasteiger charge is -2.36. The first kappa shape index (κ1) is 16.3. The van der Waals surface area contributed by atoms with E-state index in [4.69, 9.17) is 9.73 Å². The number of nitrogens with zero attached hydrogens (tertiary/aromatic N) is 1. The SMILES string of the molecule is CCCOC1(CN=C(NCC)NCC)CCCCC1. The van der Waals surface area contributed by atoms with Crippen LogP contribution < -0.4 is 10.6 Å². The van der Waals surface area contributed by atoms with E-state index in [1.165, 1.54) is 19.3 Å². The molecular weight excluding hydrogens is 238 g/mol. The average molecular weight is 269 g/mol. The second kappa shape index (κ2) is 9.18. The highest BCUT2D eigenvalue weighted by molar-refractivity contribution is 5.79. The average Bonchev–Trinajstić information content (AvgIpc) is 2.44. The van der Waals surface area contributed by atoms with Gasteiger partial charge in [-0.15, -0.1) is 0 Å². The molecule has 0 aromatic heterocycles. The topological polar surface area (TPSA) is 45.6 Å². The van der Waals surface area contributed by atoms with Crippen LogP contribution in [0.2, 0.25) is 0 Å². The summed E-state index contributed by atoms with van der Waals surface area (Å²) >= 11 is 0. The van der Waals surface area contributed by atoms with Gasteiger partial charge >= 0.3 is 0 Å². The molecule has 0 saturated heterocycles. The van der Waals surface area contributed by atoms with Crippen LogP contribution in [0.15, 0.2) is 4.99 Å². The number of rotatable bonds is 7. The van der Waals surface area contributed by atoms with Gasteiger partial charge in [0.1, 0.15) is 0 Å². The van der Waals surface area contributed by atoms with Crippen LogP contribution in [0.4, 0.5) is 0 Å². The summed E-state index contributed by atoms with van der Waals surface area (Å²) < 4.78 is 6.16. The van der Waals surface area contributed by atoms with Crippen molar-refractivity contribution in [1.29, 1.82) is 0 Å². The van der Waals surface area contributed by atoms with Gasteiger partial charge in [-0.25, -0.2) is 0 Å². The van der Waals surface area contributed by atoms with Crippen LogP contribution in [-0.4, -0.2) is 37.8 Å². The Balaban J connectivity index is 2.61. The monoisotopic (exact) mass is 269 g/mol. The molecule has 4 heteroatoms. The zero-order valence-corrected chi connectivity index (χ0v) is 12.9. The minimum absolute atomic E-state index is 0.00957. The Morgan fingerprint density at radius 3 is 2.21 bits per heavy atom. The number of ether oxygens (including phenoxy) is 1. The van der Waals surface area contributed by atoms with Crippen LogP contribution >= 0.6 is 0 Å². The highest BCUT2D eigenvalue weighted by Crippen LogP contribution is 2.32. The van der Waals surface area contributed by atoms with Gasteiger partial charge in [0.2, 0.25) is 0 Å². The van der Waals surface area contributed by atoms with E-state index in [0.717, 1.165) is 51.5 Å². The Morgan fingerprint density at radius 1 is 1.05 bits per heavy atom. The van der Waals surface area contributed by atoms with E-state index in [-0.39, 0.29) is 5.60 Å². The van der Waals surface area contributed by atoms with Crippen molar-refractivity contribution in [3.05, 3.63) is 0 Å². The standard InChI is InChI=1S/C15H31N3O/c1-4-12-19-15(10-8-7-9-11-15)13-18-14(16-5-2)17-6-3/h4-13H2,1-3H3,(H2,16,17,18). The Bertz CT molecular complexity index is 252. The summed E-state index contributed by atoms with van der Waals surface area (Å²) in [5.74, 6) is 0.912. The molecule has 2 N–H and O–H groups in total. The van der Waals surface area contributed by atoms with Crippen LogP contribution in [0.5, 0.6) is 0 Å². The highest BCUT2D eigenvalue weighted by atomic mass is 16.5. The number of aliphatic imine (C=N–C) groups is 1. The summed E-state index contributed by atoms with van der Waals surface area (Å²) in [5.41, 5.74) is -0.00957. The van der Waals surface area contributed by atoms with Gasteiger partial charge in [-0.1, -0.05) is 26.2 Å². The van der Waals surface area contributed by atoms with Gasteiger partial charge in [0.15, 0.2) is 5.96 Å². The molecule has 0 aliphatic heterocycles.